The molecule has 0 saturated heterocycles. The third kappa shape index (κ3) is 4.44. The van der Waals surface area contributed by atoms with E-state index in [0.717, 1.165) is 30.0 Å². The molecule has 0 aliphatic carbocycles. The predicted molar refractivity (Wildman–Crippen MR) is 77.1 cm³/mol. The van der Waals surface area contributed by atoms with E-state index in [0.29, 0.717) is 6.07 Å². The topological polar surface area (TPSA) is 29.1 Å². The number of benzene rings is 2. The second kappa shape index (κ2) is 7.16. The first-order valence-corrected chi connectivity index (χ1v) is 7.40. The summed E-state index contributed by atoms with van der Waals surface area (Å²) in [6.45, 7) is 0. The summed E-state index contributed by atoms with van der Waals surface area (Å²) in [5, 5.41) is 2.03. The van der Waals surface area contributed by atoms with Gasteiger partial charge >= 0.3 is 6.18 Å². The maximum Gasteiger partial charge on any atom is 0.416 e. The van der Waals surface area contributed by atoms with E-state index in [9.17, 15) is 31.1 Å². The molecule has 128 valence electrons. The van der Waals surface area contributed by atoms with Gasteiger partial charge < -0.3 is 5.32 Å². The fourth-order valence-electron chi connectivity index (χ4n) is 1.72. The first-order valence-electron chi connectivity index (χ1n) is 6.42. The summed E-state index contributed by atoms with van der Waals surface area (Å²) in [6, 6.07) is 5.83. The number of carbonyl (C=O) groups is 1. The molecule has 0 aliphatic rings. The Kier molecular flexibility index (Phi) is 5.43. The second-order valence-electron chi connectivity index (χ2n) is 4.59. The van der Waals surface area contributed by atoms with Crippen molar-refractivity contribution in [3.63, 3.8) is 0 Å². The second-order valence-corrected chi connectivity index (χ2v) is 5.63. The van der Waals surface area contributed by atoms with Crippen molar-refractivity contribution < 1.29 is 31.1 Å². The third-order valence-electron chi connectivity index (χ3n) is 2.84. The monoisotopic (exact) mass is 365 g/mol. The van der Waals surface area contributed by atoms with Crippen molar-refractivity contribution in [3.05, 3.63) is 59.4 Å². The normalized spacial score (nSPS) is 11.4. The lowest BCUT2D eigenvalue weighted by Crippen LogP contribution is -2.16. The van der Waals surface area contributed by atoms with Crippen molar-refractivity contribution in [2.45, 2.75) is 11.1 Å². The lowest BCUT2D eigenvalue weighted by molar-refractivity contribution is -0.137. The Morgan fingerprint density at radius 1 is 1.04 bits per heavy atom. The molecule has 2 aromatic rings. The van der Waals surface area contributed by atoms with Gasteiger partial charge in [0, 0.05) is 4.90 Å². The van der Waals surface area contributed by atoms with Gasteiger partial charge in [-0.2, -0.15) is 13.2 Å². The Hall–Kier alpha value is -2.16. The number of rotatable bonds is 4. The molecule has 0 atom stereocenters. The van der Waals surface area contributed by atoms with Crippen LogP contribution < -0.4 is 5.32 Å². The van der Waals surface area contributed by atoms with Crippen LogP contribution in [0.2, 0.25) is 0 Å². The van der Waals surface area contributed by atoms with Gasteiger partial charge in [0.1, 0.15) is 0 Å². The molecule has 0 spiro atoms. The molecule has 1 N–H and O–H groups in total. The summed E-state index contributed by atoms with van der Waals surface area (Å²) in [5.41, 5.74) is -1.41. The fourth-order valence-corrected chi connectivity index (χ4v) is 2.47. The van der Waals surface area contributed by atoms with Gasteiger partial charge in [0.2, 0.25) is 5.91 Å². The van der Waals surface area contributed by atoms with Crippen molar-refractivity contribution in [1.29, 1.82) is 0 Å². The molecule has 0 radical (unpaired) electrons. The minimum Gasteiger partial charge on any atom is -0.323 e. The summed E-state index contributed by atoms with van der Waals surface area (Å²) in [4.78, 5) is 11.9. The van der Waals surface area contributed by atoms with Crippen molar-refractivity contribution in [1.82, 2.24) is 0 Å². The summed E-state index contributed by atoms with van der Waals surface area (Å²) < 4.78 is 76.9. The first kappa shape index (κ1) is 18.2. The molecule has 0 unspecified atom stereocenters. The van der Waals surface area contributed by atoms with Gasteiger partial charge in [-0.1, -0.05) is 6.07 Å². The highest BCUT2D eigenvalue weighted by Crippen LogP contribution is 2.32. The van der Waals surface area contributed by atoms with Gasteiger partial charge in [0.25, 0.3) is 0 Å². The third-order valence-corrected chi connectivity index (χ3v) is 3.83. The minimum absolute atomic E-state index is 0.186. The highest BCUT2D eigenvalue weighted by Gasteiger charge is 2.30. The van der Waals surface area contributed by atoms with E-state index in [-0.39, 0.29) is 10.6 Å². The van der Waals surface area contributed by atoms with Crippen LogP contribution in [0.4, 0.5) is 32.0 Å². The lowest BCUT2D eigenvalue weighted by Gasteiger charge is -2.09. The van der Waals surface area contributed by atoms with Crippen LogP contribution in [-0.4, -0.2) is 11.7 Å². The van der Waals surface area contributed by atoms with Crippen LogP contribution in [0.5, 0.6) is 0 Å². The number of alkyl halides is 3. The summed E-state index contributed by atoms with van der Waals surface area (Å²) in [6.07, 6.45) is -4.51. The fraction of sp³-hybridized carbons (Fsp3) is 0.133. The predicted octanol–water partition coefficient (Wildman–Crippen LogP) is 4.85. The van der Waals surface area contributed by atoms with Crippen LogP contribution >= 0.6 is 11.8 Å². The molecule has 0 aromatic heterocycles. The van der Waals surface area contributed by atoms with E-state index >= 15 is 0 Å². The zero-order valence-electron chi connectivity index (χ0n) is 11.8. The Balaban J connectivity index is 2.01. The van der Waals surface area contributed by atoms with Crippen LogP contribution in [0.25, 0.3) is 0 Å². The largest absolute Gasteiger partial charge is 0.416 e. The Morgan fingerprint density at radius 2 is 1.75 bits per heavy atom. The molecule has 0 bridgehead atoms. The smallest absolute Gasteiger partial charge is 0.323 e. The molecule has 9 heteroatoms. The average molecular weight is 365 g/mol. The van der Waals surface area contributed by atoms with Gasteiger partial charge in [0.15, 0.2) is 17.5 Å². The summed E-state index contributed by atoms with van der Waals surface area (Å²) in [7, 11) is 0. The van der Waals surface area contributed by atoms with Gasteiger partial charge in [-0.25, -0.2) is 13.2 Å². The number of nitrogens with one attached hydrogen (secondary N) is 1. The number of hydrogen-bond acceptors (Lipinski definition) is 2. The van der Waals surface area contributed by atoms with E-state index in [1.165, 1.54) is 12.1 Å². The van der Waals surface area contributed by atoms with Crippen LogP contribution in [0, 0.1) is 17.5 Å². The van der Waals surface area contributed by atoms with Crippen LogP contribution in [0.3, 0.4) is 0 Å². The van der Waals surface area contributed by atoms with Gasteiger partial charge in [0.05, 0.1) is 17.0 Å². The maximum absolute atomic E-state index is 13.4. The number of amides is 1. The molecule has 2 nitrogen and oxygen atoms in total. The number of thioether (sulfide) groups is 1. The first-order chi connectivity index (χ1) is 11.2. The zero-order chi connectivity index (χ0) is 17.9. The number of carbonyl (C=O) groups excluding carboxylic acids is 1. The summed E-state index contributed by atoms with van der Waals surface area (Å²) in [5.74, 6) is -5.78. The molecule has 1 amide bonds. The standard InChI is InChI=1S/C15H9F6NOS/c16-10-4-5-11(14(18)13(10)17)22-12(23)7-24-9-3-1-2-8(6-9)15(19,20)21/h1-6H,7H2,(H,22,23). The quantitative estimate of drug-likeness (QED) is 0.477. The molecule has 2 aromatic carbocycles. The SMILES string of the molecule is O=C(CSc1cccc(C(F)(F)F)c1)Nc1ccc(F)c(F)c1F. The number of anilines is 1. The number of halogens is 6. The van der Waals surface area contributed by atoms with E-state index in [1.54, 1.807) is 0 Å². The van der Waals surface area contributed by atoms with E-state index in [1.807, 2.05) is 5.32 Å². The zero-order valence-corrected chi connectivity index (χ0v) is 12.6. The molecule has 0 fully saturated rings. The van der Waals surface area contributed by atoms with Crippen molar-refractivity contribution >= 4 is 23.4 Å². The molecule has 0 aliphatic heterocycles. The van der Waals surface area contributed by atoms with Gasteiger partial charge in [-0.05, 0) is 30.3 Å². The van der Waals surface area contributed by atoms with Crippen LogP contribution in [0.15, 0.2) is 41.3 Å². The Labute approximate surface area is 136 Å². The Bertz CT molecular complexity index is 762. The highest BCUT2D eigenvalue weighted by molar-refractivity contribution is 8.00. The number of hydrogen-bond donors (Lipinski definition) is 1. The molecular weight excluding hydrogens is 356 g/mol. The van der Waals surface area contributed by atoms with Crippen molar-refractivity contribution in [2.24, 2.45) is 0 Å². The molecule has 0 heterocycles. The van der Waals surface area contributed by atoms with Gasteiger partial charge in [-0.15, -0.1) is 11.8 Å². The molecule has 0 saturated carbocycles. The molecular formula is C15H9F6NOS. The minimum atomic E-state index is -4.51. The van der Waals surface area contributed by atoms with Crippen LogP contribution in [-0.2, 0) is 11.0 Å². The highest BCUT2D eigenvalue weighted by atomic mass is 32.2. The van der Waals surface area contributed by atoms with E-state index in [2.05, 4.69) is 0 Å². The average Bonchev–Trinajstić information content (AvgIpc) is 2.53. The van der Waals surface area contributed by atoms with E-state index in [4.69, 9.17) is 0 Å². The summed E-state index contributed by atoms with van der Waals surface area (Å²) >= 11 is 0.789. The van der Waals surface area contributed by atoms with Crippen molar-refractivity contribution in [2.75, 3.05) is 11.1 Å². The lowest BCUT2D eigenvalue weighted by atomic mass is 10.2. The van der Waals surface area contributed by atoms with Crippen LogP contribution in [0.1, 0.15) is 5.56 Å². The molecule has 24 heavy (non-hydrogen) atoms. The molecule has 2 rings (SSSR count). The van der Waals surface area contributed by atoms with Gasteiger partial charge in [-0.3, -0.25) is 4.79 Å². The Morgan fingerprint density at radius 3 is 2.42 bits per heavy atom. The van der Waals surface area contributed by atoms with E-state index < -0.39 is 40.8 Å². The maximum atomic E-state index is 13.4. The van der Waals surface area contributed by atoms with Crippen molar-refractivity contribution in [3.8, 4) is 0 Å².